The van der Waals surface area contributed by atoms with Crippen molar-refractivity contribution in [2.24, 2.45) is 0 Å². The van der Waals surface area contributed by atoms with Crippen molar-refractivity contribution in [2.75, 3.05) is 13.7 Å². The molecule has 0 saturated carbocycles. The lowest BCUT2D eigenvalue weighted by Crippen LogP contribution is -2.41. The van der Waals surface area contributed by atoms with Crippen molar-refractivity contribution in [3.63, 3.8) is 0 Å². The fourth-order valence-corrected chi connectivity index (χ4v) is 3.78. The van der Waals surface area contributed by atoms with Gasteiger partial charge in [-0.1, -0.05) is 29.8 Å². The number of carboxylic acids is 1. The third-order valence-corrected chi connectivity index (χ3v) is 5.32. The van der Waals surface area contributed by atoms with Gasteiger partial charge in [-0.3, -0.25) is 4.79 Å². The van der Waals surface area contributed by atoms with Gasteiger partial charge < -0.3 is 14.7 Å². The van der Waals surface area contributed by atoms with Gasteiger partial charge in [0.25, 0.3) is 0 Å². The number of hydrogen-bond acceptors (Lipinski definition) is 5. The van der Waals surface area contributed by atoms with Crippen LogP contribution in [-0.4, -0.2) is 52.7 Å². The number of carbonyl (C=O) groups excluding carboxylic acids is 1. The first-order valence-electron chi connectivity index (χ1n) is 8.04. The predicted octanol–water partition coefficient (Wildman–Crippen LogP) is 2.36. The van der Waals surface area contributed by atoms with E-state index in [1.807, 2.05) is 36.6 Å². The second-order valence-corrected chi connectivity index (χ2v) is 7.04. The van der Waals surface area contributed by atoms with Gasteiger partial charge in [0, 0.05) is 31.0 Å². The second-order valence-electron chi connectivity index (χ2n) is 6.18. The lowest BCUT2D eigenvalue weighted by molar-refractivity contribution is -0.148. The highest BCUT2D eigenvalue weighted by molar-refractivity contribution is 7.13. The molecule has 1 amide bonds. The molecule has 132 valence electrons. The van der Waals surface area contributed by atoms with E-state index in [9.17, 15) is 14.7 Å². The van der Waals surface area contributed by atoms with E-state index < -0.39 is 12.0 Å². The Bertz CT molecular complexity index is 772. The summed E-state index contributed by atoms with van der Waals surface area (Å²) in [6.45, 7) is 2.33. The van der Waals surface area contributed by atoms with E-state index in [0.717, 1.165) is 10.6 Å². The van der Waals surface area contributed by atoms with Gasteiger partial charge in [0.2, 0.25) is 5.91 Å². The van der Waals surface area contributed by atoms with Gasteiger partial charge in [0.05, 0.1) is 18.2 Å². The molecule has 2 heterocycles. The van der Waals surface area contributed by atoms with Crippen LogP contribution in [0.5, 0.6) is 0 Å². The molecule has 1 fully saturated rings. The number of thiazole rings is 1. The van der Waals surface area contributed by atoms with Gasteiger partial charge in [0.15, 0.2) is 0 Å². The molecule has 0 radical (unpaired) electrons. The van der Waals surface area contributed by atoms with Crippen molar-refractivity contribution >= 4 is 23.2 Å². The van der Waals surface area contributed by atoms with Crippen molar-refractivity contribution in [3.8, 4) is 10.6 Å². The van der Waals surface area contributed by atoms with Crippen molar-refractivity contribution in [2.45, 2.75) is 31.9 Å². The Balaban J connectivity index is 1.71. The molecule has 1 saturated heterocycles. The zero-order valence-electron chi connectivity index (χ0n) is 14.1. The fourth-order valence-electron chi connectivity index (χ4n) is 2.95. The number of methoxy groups -OCH3 is 1. The van der Waals surface area contributed by atoms with E-state index in [1.54, 1.807) is 0 Å². The number of aromatic nitrogens is 1. The Morgan fingerprint density at radius 2 is 2.08 bits per heavy atom. The number of nitrogens with zero attached hydrogens (tertiary/aromatic N) is 2. The maximum absolute atomic E-state index is 12.6. The molecule has 0 aliphatic carbocycles. The summed E-state index contributed by atoms with van der Waals surface area (Å²) in [5, 5.41) is 12.0. The van der Waals surface area contributed by atoms with Crippen LogP contribution in [0, 0.1) is 6.92 Å². The van der Waals surface area contributed by atoms with Gasteiger partial charge in [-0.05, 0) is 6.92 Å². The van der Waals surface area contributed by atoms with Crippen LogP contribution >= 0.6 is 11.3 Å². The number of rotatable bonds is 5. The van der Waals surface area contributed by atoms with Crippen molar-refractivity contribution in [1.82, 2.24) is 9.88 Å². The van der Waals surface area contributed by atoms with Gasteiger partial charge >= 0.3 is 5.97 Å². The minimum absolute atomic E-state index is 0.0998. The molecule has 2 aromatic rings. The lowest BCUT2D eigenvalue weighted by atomic mass is 10.1. The topological polar surface area (TPSA) is 79.7 Å². The number of ether oxygens (including phenoxy) is 1. The number of aliphatic carboxylic acids is 1. The Kier molecular flexibility index (Phi) is 5.15. The Labute approximate surface area is 150 Å². The van der Waals surface area contributed by atoms with Crippen LogP contribution < -0.4 is 0 Å². The zero-order chi connectivity index (χ0) is 18.0. The van der Waals surface area contributed by atoms with E-state index in [0.29, 0.717) is 18.7 Å². The highest BCUT2D eigenvalue weighted by atomic mass is 32.1. The van der Waals surface area contributed by atoms with Crippen LogP contribution in [0.4, 0.5) is 0 Å². The summed E-state index contributed by atoms with van der Waals surface area (Å²) in [6, 6.07) is 7.23. The Hall–Kier alpha value is -2.25. The molecule has 25 heavy (non-hydrogen) atoms. The van der Waals surface area contributed by atoms with Crippen LogP contribution in [0.15, 0.2) is 29.6 Å². The summed E-state index contributed by atoms with van der Waals surface area (Å²) >= 11 is 1.48. The molecule has 3 rings (SSSR count). The quantitative estimate of drug-likeness (QED) is 0.885. The number of likely N-dealkylation sites (tertiary alicyclic amines) is 1. The van der Waals surface area contributed by atoms with Crippen molar-refractivity contribution in [1.29, 1.82) is 0 Å². The molecule has 7 heteroatoms. The summed E-state index contributed by atoms with van der Waals surface area (Å²) in [5.74, 6) is -1.22. The lowest BCUT2D eigenvalue weighted by Gasteiger charge is -2.20. The highest BCUT2D eigenvalue weighted by Crippen LogP contribution is 2.26. The molecular weight excluding hydrogens is 340 g/mol. The van der Waals surface area contributed by atoms with E-state index in [1.165, 1.54) is 28.9 Å². The molecular formula is C18H20N2O4S. The molecule has 1 N–H and O–H groups in total. The third-order valence-electron chi connectivity index (χ3n) is 4.38. The minimum atomic E-state index is -0.994. The number of aryl methyl sites for hydroxylation is 1. The summed E-state index contributed by atoms with van der Waals surface area (Å²) in [5.41, 5.74) is 2.85. The van der Waals surface area contributed by atoms with Crippen molar-refractivity contribution < 1.29 is 19.4 Å². The van der Waals surface area contributed by atoms with Gasteiger partial charge in [-0.15, -0.1) is 11.3 Å². The summed E-state index contributed by atoms with van der Waals surface area (Å²) in [6.07, 6.45) is 0.190. The molecule has 1 aliphatic heterocycles. The van der Waals surface area contributed by atoms with Gasteiger partial charge in [-0.2, -0.15) is 0 Å². The van der Waals surface area contributed by atoms with Gasteiger partial charge in [-0.25, -0.2) is 9.78 Å². The number of benzene rings is 1. The maximum atomic E-state index is 12.6. The Morgan fingerprint density at radius 1 is 1.36 bits per heavy atom. The molecule has 2 atom stereocenters. The molecule has 1 aliphatic rings. The van der Waals surface area contributed by atoms with Crippen LogP contribution in [-0.2, 0) is 20.7 Å². The highest BCUT2D eigenvalue weighted by Gasteiger charge is 2.39. The number of carbonyl (C=O) groups is 2. The van der Waals surface area contributed by atoms with Crippen LogP contribution in [0.3, 0.4) is 0 Å². The molecule has 0 spiro atoms. The summed E-state index contributed by atoms with van der Waals surface area (Å²) in [7, 11) is 1.53. The van der Waals surface area contributed by atoms with E-state index in [2.05, 4.69) is 4.98 Å². The second kappa shape index (κ2) is 7.33. The molecule has 6 nitrogen and oxygen atoms in total. The molecule has 1 aromatic heterocycles. The summed E-state index contributed by atoms with van der Waals surface area (Å²) < 4.78 is 5.22. The zero-order valence-corrected chi connectivity index (χ0v) is 15.0. The molecule has 1 aromatic carbocycles. The van der Waals surface area contributed by atoms with Crippen LogP contribution in [0.25, 0.3) is 10.6 Å². The molecule has 0 bridgehead atoms. The maximum Gasteiger partial charge on any atom is 0.326 e. The van der Waals surface area contributed by atoms with Crippen molar-refractivity contribution in [3.05, 3.63) is 40.9 Å². The number of hydrogen-bond donors (Lipinski definition) is 1. The van der Waals surface area contributed by atoms with E-state index in [4.69, 9.17) is 4.74 Å². The smallest absolute Gasteiger partial charge is 0.326 e. The number of carboxylic acid groups (broad SMARTS) is 1. The average molecular weight is 360 g/mol. The standard InChI is InChI=1S/C18H20N2O4S/c1-11-3-5-12(6-4-11)17-19-13(10-25-17)7-16(21)20-9-14(24-2)8-15(20)18(22)23/h3-6,10,14-15H,7-9H2,1-2H3,(H,22,23). The SMILES string of the molecule is COC1CC(C(=O)O)N(C(=O)Cc2csc(-c3ccc(C)cc3)n2)C1. The molecule has 2 unspecified atom stereocenters. The summed E-state index contributed by atoms with van der Waals surface area (Å²) in [4.78, 5) is 29.9. The van der Waals surface area contributed by atoms with Gasteiger partial charge in [0.1, 0.15) is 11.0 Å². The first-order chi connectivity index (χ1) is 12.0. The Morgan fingerprint density at radius 3 is 2.72 bits per heavy atom. The van der Waals surface area contributed by atoms with E-state index >= 15 is 0 Å². The number of amides is 1. The first-order valence-corrected chi connectivity index (χ1v) is 8.92. The minimum Gasteiger partial charge on any atom is -0.480 e. The normalized spacial score (nSPS) is 20.0. The predicted molar refractivity (Wildman–Crippen MR) is 94.5 cm³/mol. The van der Waals surface area contributed by atoms with Crippen LogP contribution in [0.2, 0.25) is 0 Å². The largest absolute Gasteiger partial charge is 0.480 e. The first kappa shape index (κ1) is 17.6. The van der Waals surface area contributed by atoms with Crippen LogP contribution in [0.1, 0.15) is 17.7 Å². The third kappa shape index (κ3) is 3.88. The average Bonchev–Trinajstić information content (AvgIpc) is 3.22. The monoisotopic (exact) mass is 360 g/mol. The fraction of sp³-hybridized carbons (Fsp3) is 0.389. The van der Waals surface area contributed by atoms with E-state index in [-0.39, 0.29) is 18.4 Å².